The fourth-order valence-electron chi connectivity index (χ4n) is 6.42. The molecule has 3 aromatic carbocycles. The molecule has 0 radical (unpaired) electrons. The van der Waals surface area contributed by atoms with Crippen molar-refractivity contribution in [2.75, 3.05) is 32.8 Å². The molecule has 6 rings (SSSR count). The highest BCUT2D eigenvalue weighted by Gasteiger charge is 2.59. The van der Waals surface area contributed by atoms with Crippen LogP contribution >= 0.6 is 0 Å². The molecule has 14 heteroatoms. The SMILES string of the molecule is COc1ccc(-c2ccc(C(=O)O)cc2C)cc1-c1cnc(N(C)C)nc1CN1CO[C@H](c2cc(C(F)(F)F)cc(C(F)(F)F)c2)C12CC2. The molecule has 0 unspecified atom stereocenters. The number of hydrogen-bond acceptors (Lipinski definition) is 7. The minimum atomic E-state index is -4.98. The third-order valence-corrected chi connectivity index (χ3v) is 9.06. The zero-order valence-corrected chi connectivity index (χ0v) is 26.9. The Bertz CT molecular complexity index is 1890. The molecule has 1 aliphatic carbocycles. The summed E-state index contributed by atoms with van der Waals surface area (Å²) in [5, 5.41) is 9.41. The first-order valence-corrected chi connectivity index (χ1v) is 15.2. The number of aromatic nitrogens is 2. The van der Waals surface area contributed by atoms with Crippen molar-refractivity contribution in [2.24, 2.45) is 0 Å². The summed E-state index contributed by atoms with van der Waals surface area (Å²) in [6.45, 7) is 1.92. The molecule has 4 aromatic rings. The van der Waals surface area contributed by atoms with E-state index in [4.69, 9.17) is 14.5 Å². The van der Waals surface area contributed by atoms with Gasteiger partial charge in [-0.2, -0.15) is 26.3 Å². The minimum absolute atomic E-state index is 0.0463. The number of halogens is 6. The van der Waals surface area contributed by atoms with E-state index in [9.17, 15) is 36.2 Å². The van der Waals surface area contributed by atoms with Crippen molar-refractivity contribution >= 4 is 11.9 Å². The van der Waals surface area contributed by atoms with Gasteiger partial charge < -0.3 is 19.5 Å². The second-order valence-electron chi connectivity index (χ2n) is 12.5. The smallest absolute Gasteiger partial charge is 0.416 e. The molecule has 2 aliphatic rings. The van der Waals surface area contributed by atoms with Gasteiger partial charge in [0.05, 0.1) is 35.0 Å². The largest absolute Gasteiger partial charge is 0.496 e. The number of benzene rings is 3. The van der Waals surface area contributed by atoms with Gasteiger partial charge in [0.25, 0.3) is 0 Å². The second-order valence-corrected chi connectivity index (χ2v) is 12.5. The zero-order chi connectivity index (χ0) is 35.5. The molecular weight excluding hydrogens is 654 g/mol. The van der Waals surface area contributed by atoms with Gasteiger partial charge in [0.2, 0.25) is 5.95 Å². The van der Waals surface area contributed by atoms with Crippen LogP contribution in [0.5, 0.6) is 5.75 Å². The molecule has 1 saturated carbocycles. The maximum Gasteiger partial charge on any atom is 0.416 e. The van der Waals surface area contributed by atoms with Gasteiger partial charge in [0.1, 0.15) is 18.6 Å². The number of anilines is 1. The van der Waals surface area contributed by atoms with E-state index in [-0.39, 0.29) is 30.5 Å². The summed E-state index contributed by atoms with van der Waals surface area (Å²) in [7, 11) is 5.06. The van der Waals surface area contributed by atoms with Crippen LogP contribution in [-0.4, -0.2) is 59.4 Å². The molecular formula is C35H32F6N4O4. The summed E-state index contributed by atoms with van der Waals surface area (Å²) in [4.78, 5) is 24.5. The van der Waals surface area contributed by atoms with Gasteiger partial charge in [-0.05, 0) is 84.5 Å². The Morgan fingerprint density at radius 2 is 1.65 bits per heavy atom. The van der Waals surface area contributed by atoms with Crippen LogP contribution < -0.4 is 9.64 Å². The molecule has 0 amide bonds. The van der Waals surface area contributed by atoms with E-state index in [1.165, 1.54) is 13.2 Å². The molecule has 2 heterocycles. The second kappa shape index (κ2) is 12.3. The monoisotopic (exact) mass is 686 g/mol. The Kier molecular flexibility index (Phi) is 8.60. The summed E-state index contributed by atoms with van der Waals surface area (Å²) in [5.74, 6) is -0.141. The molecule has 0 bridgehead atoms. The van der Waals surface area contributed by atoms with Crippen LogP contribution in [0.3, 0.4) is 0 Å². The third-order valence-electron chi connectivity index (χ3n) is 9.06. The Morgan fingerprint density at radius 3 is 2.20 bits per heavy atom. The van der Waals surface area contributed by atoms with E-state index in [2.05, 4.69) is 4.98 Å². The Balaban J connectivity index is 1.40. The Labute approximate surface area is 277 Å². The molecule has 1 spiro atoms. The van der Waals surface area contributed by atoms with Crippen molar-refractivity contribution in [3.05, 3.63) is 94.3 Å². The van der Waals surface area contributed by atoms with Crippen LogP contribution in [-0.2, 0) is 23.6 Å². The molecule has 1 aromatic heterocycles. The maximum absolute atomic E-state index is 13.7. The van der Waals surface area contributed by atoms with Gasteiger partial charge in [-0.3, -0.25) is 4.90 Å². The van der Waals surface area contributed by atoms with Crippen LogP contribution in [0.25, 0.3) is 22.3 Å². The van der Waals surface area contributed by atoms with Crippen molar-refractivity contribution in [3.8, 4) is 28.0 Å². The number of aryl methyl sites for hydroxylation is 1. The lowest BCUT2D eigenvalue weighted by Gasteiger charge is -2.27. The standard InChI is InChI=1S/C35H32F6N4O4/c1-19-11-21(31(46)47)5-7-25(19)20-6-8-29(48-4)26(14-20)27-16-42-32(44(2)3)43-28(27)17-45-18-49-30(33(45)9-10-33)22-12-23(34(36,37)38)15-24(13-22)35(39,40)41/h5-8,11-16,30H,9-10,17-18H2,1-4H3,(H,46,47)/t30-/m1/s1. The highest BCUT2D eigenvalue weighted by molar-refractivity contribution is 5.89. The lowest BCUT2D eigenvalue weighted by Crippen LogP contribution is -2.34. The van der Waals surface area contributed by atoms with Crippen molar-refractivity contribution in [1.29, 1.82) is 0 Å². The summed E-state index contributed by atoms with van der Waals surface area (Å²) in [6.07, 6.45) is -8.33. The van der Waals surface area contributed by atoms with Crippen molar-refractivity contribution in [3.63, 3.8) is 0 Å². The van der Waals surface area contributed by atoms with Crippen molar-refractivity contribution < 1.29 is 45.7 Å². The average Bonchev–Trinajstić information content (AvgIpc) is 3.76. The molecule has 1 saturated heterocycles. The number of carboxylic acid groups (broad SMARTS) is 1. The van der Waals surface area contributed by atoms with Crippen molar-refractivity contribution in [1.82, 2.24) is 14.9 Å². The molecule has 1 aliphatic heterocycles. The number of rotatable bonds is 8. The number of methoxy groups -OCH3 is 1. The van der Waals surface area contributed by atoms with Crippen LogP contribution in [0.15, 0.2) is 60.8 Å². The number of aromatic carboxylic acids is 1. The van der Waals surface area contributed by atoms with E-state index >= 15 is 0 Å². The lowest BCUT2D eigenvalue weighted by atomic mass is 9.93. The van der Waals surface area contributed by atoms with Crippen LogP contribution in [0.4, 0.5) is 32.3 Å². The Morgan fingerprint density at radius 1 is 0.980 bits per heavy atom. The molecule has 49 heavy (non-hydrogen) atoms. The highest BCUT2D eigenvalue weighted by Crippen LogP contribution is 2.57. The number of carboxylic acids is 1. The molecule has 1 N–H and O–H groups in total. The maximum atomic E-state index is 13.7. The van der Waals surface area contributed by atoms with E-state index in [1.54, 1.807) is 43.4 Å². The number of alkyl halides is 6. The quantitative estimate of drug-likeness (QED) is 0.187. The normalized spacial score (nSPS) is 17.4. The number of ether oxygens (including phenoxy) is 2. The van der Waals surface area contributed by atoms with Crippen LogP contribution in [0, 0.1) is 6.92 Å². The summed E-state index contributed by atoms with van der Waals surface area (Å²) < 4.78 is 93.9. The van der Waals surface area contributed by atoms with Gasteiger partial charge in [-0.1, -0.05) is 12.1 Å². The molecule has 1 atom stereocenters. The predicted octanol–water partition coefficient (Wildman–Crippen LogP) is 7.99. The zero-order valence-electron chi connectivity index (χ0n) is 26.9. The van der Waals surface area contributed by atoms with Crippen LogP contribution in [0.1, 0.15) is 57.3 Å². The Hall–Kier alpha value is -4.69. The number of nitrogens with zero attached hydrogens (tertiary/aromatic N) is 4. The fraction of sp³-hybridized carbons (Fsp3) is 0.343. The highest BCUT2D eigenvalue weighted by atomic mass is 19.4. The third kappa shape index (κ3) is 6.54. The summed E-state index contributed by atoms with van der Waals surface area (Å²) in [6, 6.07) is 12.0. The molecule has 258 valence electrons. The van der Waals surface area contributed by atoms with E-state index in [0.717, 1.165) is 28.8 Å². The first-order chi connectivity index (χ1) is 23.0. The first-order valence-electron chi connectivity index (χ1n) is 15.2. The number of hydrogen-bond donors (Lipinski definition) is 1. The van der Waals surface area contributed by atoms with Gasteiger partial charge in [-0.25, -0.2) is 14.8 Å². The van der Waals surface area contributed by atoms with Crippen LogP contribution in [0.2, 0.25) is 0 Å². The summed E-state index contributed by atoms with van der Waals surface area (Å²) in [5.41, 5.74) is 0.474. The number of carbonyl (C=O) groups is 1. The molecule has 8 nitrogen and oxygen atoms in total. The summed E-state index contributed by atoms with van der Waals surface area (Å²) >= 11 is 0. The van der Waals surface area contributed by atoms with Gasteiger partial charge >= 0.3 is 18.3 Å². The van der Waals surface area contributed by atoms with Gasteiger partial charge in [-0.15, -0.1) is 0 Å². The van der Waals surface area contributed by atoms with Gasteiger partial charge in [0, 0.05) is 38.0 Å². The lowest BCUT2D eigenvalue weighted by molar-refractivity contribution is -0.143. The minimum Gasteiger partial charge on any atom is -0.496 e. The molecule has 2 fully saturated rings. The first kappa shape index (κ1) is 34.2. The van der Waals surface area contributed by atoms with Gasteiger partial charge in [0.15, 0.2) is 0 Å². The van der Waals surface area contributed by atoms with E-state index in [1.807, 2.05) is 24.0 Å². The topological polar surface area (TPSA) is 88.0 Å². The van der Waals surface area contributed by atoms with E-state index in [0.29, 0.717) is 41.4 Å². The van der Waals surface area contributed by atoms with E-state index < -0.39 is 41.1 Å². The average molecular weight is 687 g/mol. The fourth-order valence-corrected chi connectivity index (χ4v) is 6.42. The predicted molar refractivity (Wildman–Crippen MR) is 168 cm³/mol. The van der Waals surface area contributed by atoms with Crippen molar-refractivity contribution in [2.45, 2.75) is 50.3 Å².